The lowest BCUT2D eigenvalue weighted by molar-refractivity contribution is -0.139. The first-order valence-corrected chi connectivity index (χ1v) is 10.5. The zero-order valence-corrected chi connectivity index (χ0v) is 16.1. The molecule has 0 unspecified atom stereocenters. The van der Waals surface area contributed by atoms with Crippen molar-refractivity contribution >= 4 is 5.91 Å². The van der Waals surface area contributed by atoms with Crippen molar-refractivity contribution in [2.45, 2.75) is 38.3 Å². The van der Waals surface area contributed by atoms with Crippen LogP contribution in [0.25, 0.3) is 11.4 Å². The van der Waals surface area contributed by atoms with Crippen LogP contribution in [0.15, 0.2) is 47.2 Å². The van der Waals surface area contributed by atoms with Crippen LogP contribution in [0.2, 0.25) is 0 Å². The number of imidazole rings is 1. The summed E-state index contributed by atoms with van der Waals surface area (Å²) in [5, 5.41) is 4.22. The van der Waals surface area contributed by atoms with E-state index in [0.29, 0.717) is 30.1 Å². The van der Waals surface area contributed by atoms with Crippen molar-refractivity contribution in [3.63, 3.8) is 0 Å². The summed E-state index contributed by atoms with van der Waals surface area (Å²) in [6.07, 6.45) is 7.16. The van der Waals surface area contributed by atoms with E-state index in [9.17, 15) is 4.79 Å². The monoisotopic (exact) mass is 389 g/mol. The van der Waals surface area contributed by atoms with Crippen LogP contribution in [0.4, 0.5) is 0 Å². The third-order valence-electron chi connectivity index (χ3n) is 7.02. The smallest absolute Gasteiger partial charge is 0.231 e. The highest BCUT2D eigenvalue weighted by Crippen LogP contribution is 2.57. The van der Waals surface area contributed by atoms with Crippen LogP contribution in [0.1, 0.15) is 36.9 Å². The lowest BCUT2D eigenvalue weighted by Gasteiger charge is -2.34. The Labute approximate surface area is 168 Å². The molecule has 3 heterocycles. The summed E-state index contributed by atoms with van der Waals surface area (Å²) in [6.45, 7) is 2.14. The average Bonchev–Trinajstić information content (AvgIpc) is 3.56. The minimum atomic E-state index is -0.0562. The molecule has 2 fully saturated rings. The van der Waals surface area contributed by atoms with E-state index in [1.807, 2.05) is 47.6 Å². The molecule has 2 bridgehead atoms. The Balaban J connectivity index is 1.29. The van der Waals surface area contributed by atoms with Gasteiger partial charge in [0.1, 0.15) is 5.82 Å². The van der Waals surface area contributed by atoms with Gasteiger partial charge in [-0.15, -0.1) is 0 Å². The molecule has 1 aliphatic heterocycles. The number of benzene rings is 1. The van der Waals surface area contributed by atoms with Gasteiger partial charge in [-0.1, -0.05) is 35.5 Å². The van der Waals surface area contributed by atoms with Crippen molar-refractivity contribution in [2.75, 3.05) is 6.54 Å². The van der Waals surface area contributed by atoms with Crippen molar-refractivity contribution in [1.82, 2.24) is 24.6 Å². The molecular weight excluding hydrogens is 366 g/mol. The van der Waals surface area contributed by atoms with Gasteiger partial charge in [-0.05, 0) is 31.1 Å². The Bertz CT molecular complexity index is 1040. The number of hydrogen-bond donors (Lipinski definition) is 0. The highest BCUT2D eigenvalue weighted by Gasteiger charge is 2.54. The van der Waals surface area contributed by atoms with Crippen molar-refractivity contribution in [1.29, 1.82) is 0 Å². The van der Waals surface area contributed by atoms with Crippen LogP contribution in [-0.4, -0.2) is 37.0 Å². The molecule has 2 aliphatic carbocycles. The quantitative estimate of drug-likeness (QED) is 0.688. The second kappa shape index (κ2) is 6.54. The molecule has 0 N–H and O–H groups in total. The molecule has 0 spiro atoms. The van der Waals surface area contributed by atoms with E-state index in [0.717, 1.165) is 43.7 Å². The minimum Gasteiger partial charge on any atom is -0.339 e. The third-order valence-corrected chi connectivity index (χ3v) is 7.02. The van der Waals surface area contributed by atoms with E-state index in [1.165, 1.54) is 0 Å². The number of rotatable bonds is 3. The maximum absolute atomic E-state index is 13.6. The van der Waals surface area contributed by atoms with Crippen LogP contribution in [0, 0.1) is 17.8 Å². The lowest BCUT2D eigenvalue weighted by atomic mass is 9.78. The number of fused-ring (bicyclic) bond motifs is 3. The molecule has 0 radical (unpaired) electrons. The summed E-state index contributed by atoms with van der Waals surface area (Å²) in [4.78, 5) is 24.7. The van der Waals surface area contributed by atoms with E-state index < -0.39 is 0 Å². The largest absolute Gasteiger partial charge is 0.339 e. The Kier molecular flexibility index (Phi) is 3.82. The van der Waals surface area contributed by atoms with Crippen molar-refractivity contribution in [2.24, 2.45) is 17.8 Å². The van der Waals surface area contributed by atoms with Gasteiger partial charge in [-0.25, -0.2) is 4.98 Å². The van der Waals surface area contributed by atoms with E-state index in [1.54, 1.807) is 0 Å². The van der Waals surface area contributed by atoms with Crippen molar-refractivity contribution in [3.05, 3.63) is 54.4 Å². The zero-order valence-electron chi connectivity index (χ0n) is 16.1. The first-order chi connectivity index (χ1) is 14.3. The SMILES string of the molecule is O=C([C@H]1[C@H]2CC[C@H](C2)[C@@H]1c1nc(-c2ccccc2)no1)N1CCn2ccnc2C1. The maximum Gasteiger partial charge on any atom is 0.231 e. The van der Waals surface area contributed by atoms with Gasteiger partial charge in [-0.3, -0.25) is 4.79 Å². The van der Waals surface area contributed by atoms with Crippen LogP contribution in [0.3, 0.4) is 0 Å². The first-order valence-electron chi connectivity index (χ1n) is 10.5. The maximum atomic E-state index is 13.6. The van der Waals surface area contributed by atoms with Crippen LogP contribution < -0.4 is 0 Å². The van der Waals surface area contributed by atoms with Crippen LogP contribution in [0.5, 0.6) is 0 Å². The molecule has 6 rings (SSSR count). The summed E-state index contributed by atoms with van der Waals surface area (Å²) < 4.78 is 7.85. The van der Waals surface area contributed by atoms with E-state index >= 15 is 0 Å². The highest BCUT2D eigenvalue weighted by molar-refractivity contribution is 5.81. The Hall–Kier alpha value is -2.96. The Morgan fingerprint density at radius 3 is 2.86 bits per heavy atom. The lowest BCUT2D eigenvalue weighted by Crippen LogP contribution is -2.44. The second-order valence-electron chi connectivity index (χ2n) is 8.50. The van der Waals surface area contributed by atoms with E-state index in [4.69, 9.17) is 9.51 Å². The number of carbonyl (C=O) groups excluding carboxylic acids is 1. The summed E-state index contributed by atoms with van der Waals surface area (Å²) in [5.41, 5.74) is 0.941. The van der Waals surface area contributed by atoms with Gasteiger partial charge >= 0.3 is 0 Å². The third kappa shape index (κ3) is 2.71. The molecule has 29 heavy (non-hydrogen) atoms. The fourth-order valence-corrected chi connectivity index (χ4v) is 5.65. The second-order valence-corrected chi connectivity index (χ2v) is 8.50. The molecule has 3 aliphatic rings. The van der Waals surface area contributed by atoms with Gasteiger partial charge in [0.25, 0.3) is 0 Å². The van der Waals surface area contributed by atoms with Gasteiger partial charge in [0, 0.05) is 31.0 Å². The number of amides is 1. The molecule has 2 aromatic heterocycles. The molecule has 7 heteroatoms. The summed E-state index contributed by atoms with van der Waals surface area (Å²) >= 11 is 0. The molecule has 1 amide bonds. The topological polar surface area (TPSA) is 77.0 Å². The average molecular weight is 389 g/mol. The van der Waals surface area contributed by atoms with Crippen molar-refractivity contribution in [3.8, 4) is 11.4 Å². The number of nitrogens with zero attached hydrogens (tertiary/aromatic N) is 5. The Morgan fingerprint density at radius 2 is 1.97 bits per heavy atom. The van der Waals surface area contributed by atoms with Crippen LogP contribution >= 0.6 is 0 Å². The molecule has 0 saturated heterocycles. The van der Waals surface area contributed by atoms with Gasteiger partial charge in [0.15, 0.2) is 0 Å². The minimum absolute atomic E-state index is 0.0351. The van der Waals surface area contributed by atoms with Gasteiger partial charge in [0.05, 0.1) is 18.4 Å². The van der Waals surface area contributed by atoms with Crippen LogP contribution in [-0.2, 0) is 17.9 Å². The molecule has 2 saturated carbocycles. The number of carbonyl (C=O) groups is 1. The van der Waals surface area contributed by atoms with E-state index in [2.05, 4.69) is 14.7 Å². The summed E-state index contributed by atoms with van der Waals surface area (Å²) in [5.74, 6) is 3.30. The molecule has 4 atom stereocenters. The Morgan fingerprint density at radius 1 is 1.10 bits per heavy atom. The molecule has 1 aromatic carbocycles. The predicted molar refractivity (Wildman–Crippen MR) is 104 cm³/mol. The normalized spacial score (nSPS) is 27.9. The number of aromatic nitrogens is 4. The summed E-state index contributed by atoms with van der Waals surface area (Å²) in [7, 11) is 0. The fourth-order valence-electron chi connectivity index (χ4n) is 5.65. The summed E-state index contributed by atoms with van der Waals surface area (Å²) in [6, 6.07) is 9.87. The standard InChI is InChI=1S/C22H23N5O2/c28-22(27-11-10-26-9-8-23-17(26)13-27)19-16-7-6-15(12-16)18(19)21-24-20(25-29-21)14-4-2-1-3-5-14/h1-5,8-9,15-16,18-19H,6-7,10-13H2/t15-,16+,18+,19+/m1/s1. The first kappa shape index (κ1) is 16.9. The van der Waals surface area contributed by atoms with Gasteiger partial charge in [-0.2, -0.15) is 4.98 Å². The van der Waals surface area contributed by atoms with Crippen molar-refractivity contribution < 1.29 is 9.32 Å². The molecule has 7 nitrogen and oxygen atoms in total. The molecule has 3 aromatic rings. The van der Waals surface area contributed by atoms with E-state index in [-0.39, 0.29) is 17.7 Å². The number of hydrogen-bond acceptors (Lipinski definition) is 5. The zero-order chi connectivity index (χ0) is 19.4. The van der Waals surface area contributed by atoms with Gasteiger partial charge in [0.2, 0.25) is 17.6 Å². The predicted octanol–water partition coefficient (Wildman–Crippen LogP) is 3.11. The highest BCUT2D eigenvalue weighted by atomic mass is 16.5. The van der Waals surface area contributed by atoms with Gasteiger partial charge < -0.3 is 14.0 Å². The molecule has 148 valence electrons. The fraction of sp³-hybridized carbons (Fsp3) is 0.455. The molecular formula is C22H23N5O2.